The van der Waals surface area contributed by atoms with Gasteiger partial charge in [0.1, 0.15) is 0 Å². The lowest BCUT2D eigenvalue weighted by Gasteiger charge is -2.34. The standard InChI is InChI=1S/C12H15N/c1-8(2)12(13)11-7-9-5-3-4-6-10(9)11/h3-6,11-12H,1,7,13H2,2H3. The van der Waals surface area contributed by atoms with Gasteiger partial charge in [-0.1, -0.05) is 36.4 Å². The second-order valence-corrected chi connectivity index (χ2v) is 3.88. The third-order valence-electron chi connectivity index (χ3n) is 2.90. The van der Waals surface area contributed by atoms with E-state index < -0.39 is 0 Å². The fourth-order valence-corrected chi connectivity index (χ4v) is 1.96. The van der Waals surface area contributed by atoms with Crippen molar-refractivity contribution in [3.05, 3.63) is 47.5 Å². The normalized spacial score (nSPS) is 21.5. The molecule has 0 heterocycles. The van der Waals surface area contributed by atoms with Gasteiger partial charge in [-0.25, -0.2) is 0 Å². The van der Waals surface area contributed by atoms with Crippen molar-refractivity contribution < 1.29 is 0 Å². The van der Waals surface area contributed by atoms with Crippen LogP contribution in [0.25, 0.3) is 0 Å². The summed E-state index contributed by atoms with van der Waals surface area (Å²) in [5.74, 6) is 0.508. The molecule has 0 aromatic heterocycles. The molecule has 0 saturated carbocycles. The summed E-state index contributed by atoms with van der Waals surface area (Å²) in [6.07, 6.45) is 1.12. The minimum Gasteiger partial charge on any atom is -0.324 e. The first-order valence-electron chi connectivity index (χ1n) is 4.69. The van der Waals surface area contributed by atoms with Gasteiger partial charge >= 0.3 is 0 Å². The molecule has 2 unspecified atom stereocenters. The van der Waals surface area contributed by atoms with Crippen molar-refractivity contribution in [1.82, 2.24) is 0 Å². The first-order chi connectivity index (χ1) is 6.20. The Hall–Kier alpha value is -1.08. The maximum absolute atomic E-state index is 6.04. The minimum absolute atomic E-state index is 0.134. The van der Waals surface area contributed by atoms with Crippen molar-refractivity contribution >= 4 is 0 Å². The van der Waals surface area contributed by atoms with Crippen LogP contribution in [0.2, 0.25) is 0 Å². The van der Waals surface area contributed by atoms with Crippen molar-refractivity contribution in [3.63, 3.8) is 0 Å². The van der Waals surface area contributed by atoms with Gasteiger partial charge < -0.3 is 5.73 Å². The van der Waals surface area contributed by atoms with Crippen LogP contribution in [-0.2, 0) is 6.42 Å². The number of fused-ring (bicyclic) bond motifs is 1. The van der Waals surface area contributed by atoms with Gasteiger partial charge in [0.15, 0.2) is 0 Å². The summed E-state index contributed by atoms with van der Waals surface area (Å²) < 4.78 is 0. The highest BCUT2D eigenvalue weighted by Crippen LogP contribution is 2.37. The van der Waals surface area contributed by atoms with E-state index in [9.17, 15) is 0 Å². The summed E-state index contributed by atoms with van der Waals surface area (Å²) in [5, 5.41) is 0. The van der Waals surface area contributed by atoms with Gasteiger partial charge in [0.05, 0.1) is 0 Å². The average molecular weight is 173 g/mol. The van der Waals surface area contributed by atoms with Gasteiger partial charge in [0.25, 0.3) is 0 Å². The molecule has 1 aromatic rings. The number of hydrogen-bond donors (Lipinski definition) is 1. The maximum Gasteiger partial charge on any atom is 0.0321 e. The predicted molar refractivity (Wildman–Crippen MR) is 55.7 cm³/mol. The van der Waals surface area contributed by atoms with Crippen molar-refractivity contribution in [3.8, 4) is 0 Å². The van der Waals surface area contributed by atoms with Gasteiger partial charge in [-0.15, -0.1) is 0 Å². The third-order valence-corrected chi connectivity index (χ3v) is 2.90. The Bertz CT molecular complexity index is 341. The zero-order chi connectivity index (χ0) is 9.42. The van der Waals surface area contributed by atoms with Crippen molar-refractivity contribution in [2.75, 3.05) is 0 Å². The Labute approximate surface area is 79.3 Å². The van der Waals surface area contributed by atoms with Crippen LogP contribution in [0.4, 0.5) is 0 Å². The highest BCUT2D eigenvalue weighted by Gasteiger charge is 2.30. The van der Waals surface area contributed by atoms with Crippen LogP contribution >= 0.6 is 0 Å². The summed E-state index contributed by atoms with van der Waals surface area (Å²) in [4.78, 5) is 0. The molecule has 0 radical (unpaired) electrons. The minimum atomic E-state index is 0.134. The lowest BCUT2D eigenvalue weighted by atomic mass is 9.72. The van der Waals surface area contributed by atoms with E-state index in [-0.39, 0.29) is 6.04 Å². The molecule has 0 saturated heterocycles. The molecule has 1 heteroatoms. The van der Waals surface area contributed by atoms with Crippen molar-refractivity contribution in [1.29, 1.82) is 0 Å². The van der Waals surface area contributed by atoms with Crippen LogP contribution in [0.15, 0.2) is 36.4 Å². The molecule has 2 atom stereocenters. The molecule has 0 fully saturated rings. The van der Waals surface area contributed by atoms with Gasteiger partial charge in [0.2, 0.25) is 0 Å². The van der Waals surface area contributed by atoms with Crippen LogP contribution in [0.5, 0.6) is 0 Å². The topological polar surface area (TPSA) is 26.0 Å². The first-order valence-corrected chi connectivity index (χ1v) is 4.69. The SMILES string of the molecule is C=C(C)C(N)C1Cc2ccccc21. The lowest BCUT2D eigenvalue weighted by Crippen LogP contribution is -2.36. The summed E-state index contributed by atoms with van der Waals surface area (Å²) in [7, 11) is 0. The Morgan fingerprint density at radius 2 is 2.23 bits per heavy atom. The van der Waals surface area contributed by atoms with E-state index in [1.807, 2.05) is 6.92 Å². The van der Waals surface area contributed by atoms with Crippen LogP contribution in [0.3, 0.4) is 0 Å². The highest BCUT2D eigenvalue weighted by atomic mass is 14.7. The monoisotopic (exact) mass is 173 g/mol. The molecule has 1 aliphatic rings. The Morgan fingerprint density at radius 1 is 1.54 bits per heavy atom. The van der Waals surface area contributed by atoms with Gasteiger partial charge in [0, 0.05) is 12.0 Å². The number of benzene rings is 1. The van der Waals surface area contributed by atoms with E-state index in [2.05, 4.69) is 30.8 Å². The largest absolute Gasteiger partial charge is 0.324 e. The molecule has 0 bridgehead atoms. The summed E-state index contributed by atoms with van der Waals surface area (Å²) in [5.41, 5.74) is 9.98. The highest BCUT2D eigenvalue weighted by molar-refractivity contribution is 5.42. The average Bonchev–Trinajstić information content (AvgIpc) is 2.06. The van der Waals surface area contributed by atoms with Crippen molar-refractivity contribution in [2.45, 2.75) is 25.3 Å². The van der Waals surface area contributed by atoms with E-state index in [4.69, 9.17) is 5.73 Å². The van der Waals surface area contributed by atoms with Crippen LogP contribution in [-0.4, -0.2) is 6.04 Å². The number of rotatable bonds is 2. The third kappa shape index (κ3) is 1.29. The van der Waals surface area contributed by atoms with Gasteiger partial charge in [-0.05, 0) is 24.5 Å². The molecule has 1 aromatic carbocycles. The Balaban J connectivity index is 2.22. The molecular weight excluding hydrogens is 158 g/mol. The smallest absolute Gasteiger partial charge is 0.0321 e. The Morgan fingerprint density at radius 3 is 2.85 bits per heavy atom. The molecule has 2 N–H and O–H groups in total. The number of nitrogens with two attached hydrogens (primary N) is 1. The van der Waals surface area contributed by atoms with Gasteiger partial charge in [-0.3, -0.25) is 0 Å². The second-order valence-electron chi connectivity index (χ2n) is 3.88. The van der Waals surface area contributed by atoms with Crippen LogP contribution < -0.4 is 5.73 Å². The van der Waals surface area contributed by atoms with E-state index in [1.165, 1.54) is 11.1 Å². The molecule has 1 nitrogen and oxygen atoms in total. The number of hydrogen-bond acceptors (Lipinski definition) is 1. The van der Waals surface area contributed by atoms with Crippen LogP contribution in [0.1, 0.15) is 24.0 Å². The van der Waals surface area contributed by atoms with Crippen LogP contribution in [0, 0.1) is 0 Å². The van der Waals surface area contributed by atoms with E-state index in [1.54, 1.807) is 0 Å². The molecule has 0 aliphatic heterocycles. The zero-order valence-corrected chi connectivity index (χ0v) is 7.96. The molecule has 0 amide bonds. The molecular formula is C12H15N. The summed E-state index contributed by atoms with van der Waals surface area (Å²) in [6, 6.07) is 8.65. The lowest BCUT2D eigenvalue weighted by molar-refractivity contribution is 0.530. The molecule has 0 spiro atoms. The fourth-order valence-electron chi connectivity index (χ4n) is 1.96. The fraction of sp³-hybridized carbons (Fsp3) is 0.333. The van der Waals surface area contributed by atoms with Gasteiger partial charge in [-0.2, -0.15) is 0 Å². The molecule has 68 valence electrons. The summed E-state index contributed by atoms with van der Waals surface area (Å²) in [6.45, 7) is 5.91. The first kappa shape index (κ1) is 8.52. The molecule has 2 rings (SSSR count). The van der Waals surface area contributed by atoms with Crippen molar-refractivity contribution in [2.24, 2.45) is 5.73 Å². The van der Waals surface area contributed by atoms with E-state index >= 15 is 0 Å². The quantitative estimate of drug-likeness (QED) is 0.682. The zero-order valence-electron chi connectivity index (χ0n) is 7.96. The van der Waals surface area contributed by atoms with E-state index in [0.29, 0.717) is 5.92 Å². The predicted octanol–water partition coefficient (Wildman–Crippen LogP) is 2.23. The second kappa shape index (κ2) is 3.00. The molecule has 13 heavy (non-hydrogen) atoms. The Kier molecular flexibility index (Phi) is 1.97. The summed E-state index contributed by atoms with van der Waals surface area (Å²) >= 11 is 0. The molecule has 1 aliphatic carbocycles. The van der Waals surface area contributed by atoms with E-state index in [0.717, 1.165) is 12.0 Å². The maximum atomic E-state index is 6.04.